The summed E-state index contributed by atoms with van der Waals surface area (Å²) in [5, 5.41) is 10.8. The number of nitrogens with zero attached hydrogens (tertiary/aromatic N) is 2. The van der Waals surface area contributed by atoms with Crippen molar-refractivity contribution in [2.45, 2.75) is 19.9 Å². The topological polar surface area (TPSA) is 89.2 Å². The molecule has 0 saturated carbocycles. The molecule has 4 aromatic rings. The van der Waals surface area contributed by atoms with E-state index < -0.39 is 11.8 Å². The van der Waals surface area contributed by atoms with E-state index in [0.29, 0.717) is 16.3 Å². The molecule has 0 bridgehead atoms. The monoisotopic (exact) mass is 474 g/mol. The fraction of sp³-hybridized carbons (Fsp3) is 0.115. The first-order chi connectivity index (χ1) is 16.4. The maximum Gasteiger partial charge on any atom is 0.291 e. The molecule has 2 aromatic heterocycles. The summed E-state index contributed by atoms with van der Waals surface area (Å²) in [6, 6.07) is 19.9. The van der Waals surface area contributed by atoms with E-state index in [1.165, 1.54) is 12.3 Å². The molecule has 0 unspecified atom stereocenters. The zero-order valence-corrected chi connectivity index (χ0v) is 19.4. The van der Waals surface area contributed by atoms with E-state index in [-0.39, 0.29) is 17.5 Å². The van der Waals surface area contributed by atoms with Crippen LogP contribution in [0.2, 0.25) is 5.02 Å². The van der Waals surface area contributed by atoms with Crippen molar-refractivity contribution in [2.24, 2.45) is 0 Å². The molecule has 0 aliphatic rings. The van der Waals surface area contributed by atoms with Crippen molar-refractivity contribution in [2.75, 3.05) is 0 Å². The average molecular weight is 475 g/mol. The quantitative estimate of drug-likeness (QED) is 0.365. The summed E-state index contributed by atoms with van der Waals surface area (Å²) >= 11 is 6.07. The van der Waals surface area contributed by atoms with Crippen molar-refractivity contribution in [3.05, 3.63) is 101 Å². The number of rotatable bonds is 7. The molecule has 8 heteroatoms. The van der Waals surface area contributed by atoms with E-state index in [9.17, 15) is 9.59 Å². The first-order valence-corrected chi connectivity index (χ1v) is 11.1. The highest BCUT2D eigenvalue weighted by molar-refractivity contribution is 6.30. The van der Waals surface area contributed by atoms with Crippen LogP contribution in [0.3, 0.4) is 0 Å². The molecule has 4 rings (SSSR count). The normalized spacial score (nSPS) is 11.5. The molecule has 0 aliphatic heterocycles. The van der Waals surface area contributed by atoms with Crippen LogP contribution in [0.4, 0.5) is 0 Å². The van der Waals surface area contributed by atoms with Gasteiger partial charge in [-0.1, -0.05) is 41.9 Å². The summed E-state index contributed by atoms with van der Waals surface area (Å²) in [6.45, 7) is 3.69. The number of carbonyl (C=O) groups is 2. The SMILES string of the molecule is CC(C)NC(=O)C(=Cc1cn(-c2ccccc2)nc1-c1ccc(Cl)cc1)NC(=O)c1ccco1. The highest BCUT2D eigenvalue weighted by Gasteiger charge is 2.19. The third kappa shape index (κ3) is 5.44. The molecule has 2 amide bonds. The number of benzene rings is 2. The van der Waals surface area contributed by atoms with Crippen LogP contribution in [0.15, 0.2) is 89.3 Å². The number of para-hydroxylation sites is 1. The molecule has 2 aromatic carbocycles. The van der Waals surface area contributed by atoms with Gasteiger partial charge in [0.2, 0.25) is 0 Å². The highest BCUT2D eigenvalue weighted by Crippen LogP contribution is 2.27. The number of carbonyl (C=O) groups excluding carboxylic acids is 2. The summed E-state index contributed by atoms with van der Waals surface area (Å²) in [4.78, 5) is 25.6. The van der Waals surface area contributed by atoms with Gasteiger partial charge in [0.1, 0.15) is 11.4 Å². The second-order valence-corrected chi connectivity index (χ2v) is 8.27. The average Bonchev–Trinajstić information content (AvgIpc) is 3.50. The Morgan fingerprint density at radius 2 is 1.76 bits per heavy atom. The minimum absolute atomic E-state index is 0.0675. The van der Waals surface area contributed by atoms with Crippen LogP contribution < -0.4 is 10.6 Å². The summed E-state index contributed by atoms with van der Waals surface area (Å²) in [7, 11) is 0. The lowest BCUT2D eigenvalue weighted by molar-refractivity contribution is -0.118. The minimum Gasteiger partial charge on any atom is -0.459 e. The fourth-order valence-corrected chi connectivity index (χ4v) is 3.41. The molecule has 0 radical (unpaired) electrons. The van der Waals surface area contributed by atoms with Crippen molar-refractivity contribution >= 4 is 29.5 Å². The largest absolute Gasteiger partial charge is 0.459 e. The van der Waals surface area contributed by atoms with E-state index in [4.69, 9.17) is 21.1 Å². The number of furan rings is 1. The van der Waals surface area contributed by atoms with Gasteiger partial charge in [0, 0.05) is 28.4 Å². The molecule has 0 fully saturated rings. The van der Waals surface area contributed by atoms with E-state index in [1.54, 1.807) is 35.2 Å². The van der Waals surface area contributed by atoms with Gasteiger partial charge in [-0.15, -0.1) is 0 Å². The maximum absolute atomic E-state index is 13.0. The Labute approximate surface area is 202 Å². The maximum atomic E-state index is 13.0. The standard InChI is InChI=1S/C26H23ClN4O3/c1-17(2)28-25(32)22(29-26(33)23-9-6-14-34-23)15-19-16-31(21-7-4-3-5-8-21)30-24(19)18-10-12-20(27)13-11-18/h3-17H,1-2H3,(H,28,32)(H,29,33). The van der Waals surface area contributed by atoms with E-state index in [0.717, 1.165) is 11.3 Å². The predicted molar refractivity (Wildman–Crippen MR) is 131 cm³/mol. The van der Waals surface area contributed by atoms with Gasteiger partial charge in [-0.3, -0.25) is 9.59 Å². The first-order valence-electron chi connectivity index (χ1n) is 10.7. The van der Waals surface area contributed by atoms with Crippen LogP contribution in [0.25, 0.3) is 23.0 Å². The zero-order chi connectivity index (χ0) is 24.1. The van der Waals surface area contributed by atoms with Gasteiger partial charge in [0.15, 0.2) is 5.76 Å². The van der Waals surface area contributed by atoms with Crippen LogP contribution in [0.5, 0.6) is 0 Å². The molecule has 0 aliphatic carbocycles. The number of hydrogen-bond acceptors (Lipinski definition) is 4. The Morgan fingerprint density at radius 1 is 1.03 bits per heavy atom. The van der Waals surface area contributed by atoms with Crippen molar-refractivity contribution in [1.29, 1.82) is 0 Å². The molecule has 172 valence electrons. The Balaban J connectivity index is 1.81. The predicted octanol–water partition coefficient (Wildman–Crippen LogP) is 5.08. The molecule has 0 spiro atoms. The van der Waals surface area contributed by atoms with Crippen LogP contribution >= 0.6 is 11.6 Å². The molecule has 34 heavy (non-hydrogen) atoms. The van der Waals surface area contributed by atoms with Crippen molar-refractivity contribution < 1.29 is 14.0 Å². The van der Waals surface area contributed by atoms with E-state index in [1.807, 2.05) is 56.3 Å². The second kappa shape index (κ2) is 10.2. The smallest absolute Gasteiger partial charge is 0.291 e. The van der Waals surface area contributed by atoms with Crippen molar-refractivity contribution in [1.82, 2.24) is 20.4 Å². The first kappa shape index (κ1) is 23.1. The van der Waals surface area contributed by atoms with Crippen molar-refractivity contribution in [3.8, 4) is 16.9 Å². The Bertz CT molecular complexity index is 1310. The van der Waals surface area contributed by atoms with Gasteiger partial charge in [0.25, 0.3) is 11.8 Å². The van der Waals surface area contributed by atoms with Gasteiger partial charge >= 0.3 is 0 Å². The zero-order valence-electron chi connectivity index (χ0n) is 18.7. The number of nitrogens with one attached hydrogen (secondary N) is 2. The Kier molecular flexibility index (Phi) is 6.94. The van der Waals surface area contributed by atoms with E-state index >= 15 is 0 Å². The van der Waals surface area contributed by atoms with Gasteiger partial charge in [-0.05, 0) is 56.3 Å². The van der Waals surface area contributed by atoms with Crippen LogP contribution in [-0.2, 0) is 4.79 Å². The van der Waals surface area contributed by atoms with E-state index in [2.05, 4.69) is 10.6 Å². The molecular weight excluding hydrogens is 452 g/mol. The summed E-state index contributed by atoms with van der Waals surface area (Å²) < 4.78 is 6.90. The fourth-order valence-electron chi connectivity index (χ4n) is 3.28. The Hall–Kier alpha value is -4.10. The molecule has 2 N–H and O–H groups in total. The summed E-state index contributed by atoms with van der Waals surface area (Å²) in [6.07, 6.45) is 4.81. The number of hydrogen-bond donors (Lipinski definition) is 2. The molecule has 0 saturated heterocycles. The third-order valence-corrected chi connectivity index (χ3v) is 5.09. The number of amides is 2. The molecular formula is C26H23ClN4O3. The highest BCUT2D eigenvalue weighted by atomic mass is 35.5. The van der Waals surface area contributed by atoms with Gasteiger partial charge in [0.05, 0.1) is 12.0 Å². The second-order valence-electron chi connectivity index (χ2n) is 7.84. The van der Waals surface area contributed by atoms with Crippen LogP contribution in [-0.4, -0.2) is 27.6 Å². The van der Waals surface area contributed by atoms with Crippen molar-refractivity contribution in [3.63, 3.8) is 0 Å². The lowest BCUT2D eigenvalue weighted by Gasteiger charge is -2.12. The molecule has 7 nitrogen and oxygen atoms in total. The van der Waals surface area contributed by atoms with Crippen LogP contribution in [0.1, 0.15) is 30.0 Å². The summed E-state index contributed by atoms with van der Waals surface area (Å²) in [5.74, 6) is -0.857. The number of aromatic nitrogens is 2. The Morgan fingerprint density at radius 3 is 2.41 bits per heavy atom. The molecule has 0 atom stereocenters. The lowest BCUT2D eigenvalue weighted by atomic mass is 10.1. The van der Waals surface area contributed by atoms with Gasteiger partial charge in [-0.25, -0.2) is 4.68 Å². The van der Waals surface area contributed by atoms with Gasteiger partial charge < -0.3 is 15.1 Å². The third-order valence-electron chi connectivity index (χ3n) is 4.84. The lowest BCUT2D eigenvalue weighted by Crippen LogP contribution is -2.38. The van der Waals surface area contributed by atoms with Gasteiger partial charge in [-0.2, -0.15) is 5.10 Å². The van der Waals surface area contributed by atoms with Crippen LogP contribution in [0, 0.1) is 0 Å². The summed E-state index contributed by atoms with van der Waals surface area (Å²) in [5.41, 5.74) is 3.00. The minimum atomic E-state index is -0.529. The molecule has 2 heterocycles. The number of halogens is 1.